The van der Waals surface area contributed by atoms with Gasteiger partial charge in [0.05, 0.1) is 9.75 Å². The van der Waals surface area contributed by atoms with E-state index in [4.69, 9.17) is 11.6 Å². The maximum Gasteiger partial charge on any atom is 0.310 e. The molecule has 0 amide bonds. The van der Waals surface area contributed by atoms with Crippen LogP contribution in [-0.2, 0) is 24.1 Å². The summed E-state index contributed by atoms with van der Waals surface area (Å²) in [6, 6.07) is 11.9. The topological polar surface area (TPSA) is 37.3 Å². The molecule has 1 heterocycles. The number of thiophene rings is 1. The van der Waals surface area contributed by atoms with Crippen LogP contribution in [0.3, 0.4) is 0 Å². The molecule has 2 aromatic rings. The average molecular weight is 307 g/mol. The van der Waals surface area contributed by atoms with Crippen molar-refractivity contribution in [1.29, 1.82) is 0 Å². The van der Waals surface area contributed by atoms with Gasteiger partial charge in [-0.2, -0.15) is 0 Å². The van der Waals surface area contributed by atoms with Gasteiger partial charge in [-0.15, -0.1) is 11.3 Å². The number of carboxylic acid groups (broad SMARTS) is 1. The Balaban J connectivity index is 1.92. The van der Waals surface area contributed by atoms with E-state index in [-0.39, 0.29) is 0 Å². The molecule has 0 radical (unpaired) electrons. The molecular weight excluding hydrogens is 292 g/mol. The molecule has 2 nitrogen and oxygen atoms in total. The number of halogens is 1. The number of aliphatic carboxylic acids is 1. The molecule has 0 bridgehead atoms. The SMILES string of the molecule is O=C(O)C1(Cc2ccc(Cl)s2)CCc2ccccc2C1. The predicted molar refractivity (Wildman–Crippen MR) is 81.6 cm³/mol. The Morgan fingerprint density at radius 1 is 1.25 bits per heavy atom. The summed E-state index contributed by atoms with van der Waals surface area (Å²) >= 11 is 7.44. The van der Waals surface area contributed by atoms with Crippen LogP contribution in [0, 0.1) is 5.41 Å². The van der Waals surface area contributed by atoms with Crippen LogP contribution in [-0.4, -0.2) is 11.1 Å². The van der Waals surface area contributed by atoms with Crippen LogP contribution in [0.1, 0.15) is 22.4 Å². The number of fused-ring (bicyclic) bond motifs is 1. The van der Waals surface area contributed by atoms with Gasteiger partial charge in [0.25, 0.3) is 0 Å². The normalized spacial score (nSPS) is 21.4. The smallest absolute Gasteiger partial charge is 0.310 e. The Morgan fingerprint density at radius 2 is 2.00 bits per heavy atom. The summed E-state index contributed by atoms with van der Waals surface area (Å²) in [6.45, 7) is 0. The fourth-order valence-electron chi connectivity index (χ4n) is 2.99. The zero-order chi connectivity index (χ0) is 14.2. The summed E-state index contributed by atoms with van der Waals surface area (Å²) in [6.07, 6.45) is 2.69. The lowest BCUT2D eigenvalue weighted by atomic mass is 9.69. The summed E-state index contributed by atoms with van der Waals surface area (Å²) in [4.78, 5) is 12.9. The third kappa shape index (κ3) is 2.48. The van der Waals surface area contributed by atoms with Crippen molar-refractivity contribution in [3.05, 3.63) is 56.7 Å². The van der Waals surface area contributed by atoms with Crippen LogP contribution in [0.5, 0.6) is 0 Å². The number of aryl methyl sites for hydroxylation is 1. The Labute approximate surface area is 127 Å². The van der Waals surface area contributed by atoms with Gasteiger partial charge in [0.1, 0.15) is 0 Å². The van der Waals surface area contributed by atoms with Crippen molar-refractivity contribution in [1.82, 2.24) is 0 Å². The number of hydrogen-bond acceptors (Lipinski definition) is 2. The summed E-state index contributed by atoms with van der Waals surface area (Å²) in [5.41, 5.74) is 1.76. The lowest BCUT2D eigenvalue weighted by Crippen LogP contribution is -2.38. The van der Waals surface area contributed by atoms with Gasteiger partial charge in [0, 0.05) is 4.88 Å². The minimum atomic E-state index is -0.698. The molecule has 0 spiro atoms. The summed E-state index contributed by atoms with van der Waals surface area (Å²) < 4.78 is 0.719. The van der Waals surface area contributed by atoms with Gasteiger partial charge >= 0.3 is 5.97 Å². The molecule has 0 saturated carbocycles. The fourth-order valence-corrected chi connectivity index (χ4v) is 4.22. The molecule has 1 aromatic carbocycles. The molecule has 1 N–H and O–H groups in total. The molecule has 1 unspecified atom stereocenters. The van der Waals surface area contributed by atoms with Gasteiger partial charge in [-0.3, -0.25) is 4.79 Å². The molecule has 1 aliphatic rings. The van der Waals surface area contributed by atoms with Gasteiger partial charge in [0.15, 0.2) is 0 Å². The number of benzene rings is 1. The van der Waals surface area contributed by atoms with Crippen LogP contribution in [0.25, 0.3) is 0 Å². The van der Waals surface area contributed by atoms with Crippen LogP contribution >= 0.6 is 22.9 Å². The van der Waals surface area contributed by atoms with Crippen LogP contribution < -0.4 is 0 Å². The average Bonchev–Trinajstić information content (AvgIpc) is 2.83. The van der Waals surface area contributed by atoms with E-state index in [1.54, 1.807) is 0 Å². The highest BCUT2D eigenvalue weighted by Gasteiger charge is 2.41. The lowest BCUT2D eigenvalue weighted by molar-refractivity contribution is -0.149. The largest absolute Gasteiger partial charge is 0.481 e. The maximum atomic E-state index is 11.9. The van der Waals surface area contributed by atoms with E-state index in [1.807, 2.05) is 30.3 Å². The molecular formula is C16H15ClO2S. The van der Waals surface area contributed by atoms with Gasteiger partial charge in [-0.25, -0.2) is 0 Å². The number of rotatable bonds is 3. The van der Waals surface area contributed by atoms with E-state index in [0.29, 0.717) is 19.3 Å². The van der Waals surface area contributed by atoms with Crippen molar-refractivity contribution in [2.24, 2.45) is 5.41 Å². The zero-order valence-corrected chi connectivity index (χ0v) is 12.5. The first kappa shape index (κ1) is 13.7. The first-order valence-electron chi connectivity index (χ1n) is 6.63. The molecule has 4 heteroatoms. The van der Waals surface area contributed by atoms with E-state index in [2.05, 4.69) is 6.07 Å². The van der Waals surface area contributed by atoms with Gasteiger partial charge in [-0.05, 0) is 48.9 Å². The highest BCUT2D eigenvalue weighted by atomic mass is 35.5. The first-order chi connectivity index (χ1) is 9.59. The maximum absolute atomic E-state index is 11.9. The van der Waals surface area contributed by atoms with E-state index in [1.165, 1.54) is 22.5 Å². The van der Waals surface area contributed by atoms with Crippen molar-refractivity contribution in [2.45, 2.75) is 25.7 Å². The van der Waals surface area contributed by atoms with E-state index in [0.717, 1.165) is 15.6 Å². The number of carboxylic acids is 1. The van der Waals surface area contributed by atoms with Crippen molar-refractivity contribution in [3.63, 3.8) is 0 Å². The lowest BCUT2D eigenvalue weighted by Gasteiger charge is -2.34. The monoisotopic (exact) mass is 306 g/mol. The molecule has 0 fully saturated rings. The van der Waals surface area contributed by atoms with Crippen molar-refractivity contribution in [2.75, 3.05) is 0 Å². The summed E-state index contributed by atoms with van der Waals surface area (Å²) in [5.74, 6) is -0.698. The van der Waals surface area contributed by atoms with Gasteiger partial charge in [-0.1, -0.05) is 35.9 Å². The molecule has 0 aliphatic heterocycles. The van der Waals surface area contributed by atoms with Crippen LogP contribution in [0.4, 0.5) is 0 Å². The highest BCUT2D eigenvalue weighted by molar-refractivity contribution is 7.16. The molecule has 3 rings (SSSR count). The van der Waals surface area contributed by atoms with E-state index < -0.39 is 11.4 Å². The number of hydrogen-bond donors (Lipinski definition) is 1. The predicted octanol–water partition coefficient (Wildman–Crippen LogP) is 4.20. The second-order valence-corrected chi connectivity index (χ2v) is 7.21. The standard InChI is InChI=1S/C16H15ClO2S/c17-14-6-5-13(20-14)10-16(15(18)19)8-7-11-3-1-2-4-12(11)9-16/h1-6H,7-10H2,(H,18,19). The molecule has 104 valence electrons. The third-order valence-corrected chi connectivity index (χ3v) is 5.35. The molecule has 1 atom stereocenters. The van der Waals surface area contributed by atoms with Crippen LogP contribution in [0.15, 0.2) is 36.4 Å². The quantitative estimate of drug-likeness (QED) is 0.922. The van der Waals surface area contributed by atoms with Crippen molar-refractivity contribution >= 4 is 28.9 Å². The molecule has 1 aromatic heterocycles. The van der Waals surface area contributed by atoms with Gasteiger partial charge < -0.3 is 5.11 Å². The summed E-state index contributed by atoms with van der Waals surface area (Å²) in [7, 11) is 0. The van der Waals surface area contributed by atoms with Crippen LogP contribution in [0.2, 0.25) is 4.34 Å². The van der Waals surface area contributed by atoms with E-state index >= 15 is 0 Å². The molecule has 0 saturated heterocycles. The van der Waals surface area contributed by atoms with Crippen molar-refractivity contribution in [3.8, 4) is 0 Å². The number of carbonyl (C=O) groups is 1. The minimum absolute atomic E-state index is 0.564. The Kier molecular flexibility index (Phi) is 3.57. The van der Waals surface area contributed by atoms with Gasteiger partial charge in [0.2, 0.25) is 0 Å². The second kappa shape index (κ2) is 5.23. The summed E-state index contributed by atoms with van der Waals surface area (Å²) in [5, 5.41) is 9.75. The third-order valence-electron chi connectivity index (χ3n) is 4.12. The fraction of sp³-hybridized carbons (Fsp3) is 0.312. The second-order valence-electron chi connectivity index (χ2n) is 5.41. The zero-order valence-electron chi connectivity index (χ0n) is 10.9. The molecule has 1 aliphatic carbocycles. The van der Waals surface area contributed by atoms with E-state index in [9.17, 15) is 9.90 Å². The Bertz CT molecular complexity index is 649. The van der Waals surface area contributed by atoms with Crippen molar-refractivity contribution < 1.29 is 9.90 Å². The molecule has 20 heavy (non-hydrogen) atoms. The minimum Gasteiger partial charge on any atom is -0.481 e. The highest BCUT2D eigenvalue weighted by Crippen LogP contribution is 2.40. The first-order valence-corrected chi connectivity index (χ1v) is 7.83. The Hall–Kier alpha value is -1.32. The Morgan fingerprint density at radius 3 is 2.65 bits per heavy atom.